The van der Waals surface area contributed by atoms with E-state index < -0.39 is 17.4 Å². The molecule has 1 N–H and O–H groups in total. The van der Waals surface area contributed by atoms with Gasteiger partial charge in [-0.15, -0.1) is 0 Å². The van der Waals surface area contributed by atoms with E-state index in [1.807, 2.05) is 6.92 Å². The quantitative estimate of drug-likeness (QED) is 0.846. The van der Waals surface area contributed by atoms with Crippen LogP contribution in [0.2, 0.25) is 10.0 Å². The van der Waals surface area contributed by atoms with Gasteiger partial charge < -0.3 is 10.1 Å². The van der Waals surface area contributed by atoms with Gasteiger partial charge in [0.05, 0.1) is 22.7 Å². The van der Waals surface area contributed by atoms with Crippen LogP contribution in [-0.4, -0.2) is 24.5 Å². The van der Waals surface area contributed by atoms with Crippen LogP contribution in [0.25, 0.3) is 0 Å². The Morgan fingerprint density at radius 2 is 2.00 bits per heavy atom. The van der Waals surface area contributed by atoms with Gasteiger partial charge in [0.2, 0.25) is 0 Å². The lowest BCUT2D eigenvalue weighted by Gasteiger charge is -2.27. The topological polar surface area (TPSA) is 55.4 Å². The van der Waals surface area contributed by atoms with Crippen molar-refractivity contribution in [3.63, 3.8) is 0 Å². The molecule has 0 aliphatic carbocycles. The molecule has 1 rings (SSSR count). The van der Waals surface area contributed by atoms with E-state index in [2.05, 4.69) is 5.32 Å². The van der Waals surface area contributed by atoms with E-state index >= 15 is 0 Å². The Kier molecular flexibility index (Phi) is 5.84. The van der Waals surface area contributed by atoms with Crippen LogP contribution in [0.5, 0.6) is 0 Å². The minimum absolute atomic E-state index is 0.162. The number of rotatable bonds is 5. The maximum absolute atomic E-state index is 12.3. The molecule has 0 aliphatic heterocycles. The molecule has 0 fully saturated rings. The second kappa shape index (κ2) is 6.95. The zero-order chi connectivity index (χ0) is 15.3. The monoisotopic (exact) mass is 317 g/mol. The van der Waals surface area contributed by atoms with Gasteiger partial charge in [-0.05, 0) is 25.5 Å². The maximum Gasteiger partial charge on any atom is 0.331 e. The summed E-state index contributed by atoms with van der Waals surface area (Å²) in [5.41, 5.74) is -0.864. The van der Waals surface area contributed by atoms with E-state index in [9.17, 15) is 9.59 Å². The van der Waals surface area contributed by atoms with Crippen molar-refractivity contribution in [2.75, 3.05) is 7.11 Å². The van der Waals surface area contributed by atoms with Gasteiger partial charge in [0.1, 0.15) is 5.54 Å². The molecule has 4 nitrogen and oxygen atoms in total. The molecule has 1 amide bonds. The van der Waals surface area contributed by atoms with Crippen LogP contribution in [0.15, 0.2) is 18.2 Å². The summed E-state index contributed by atoms with van der Waals surface area (Å²) in [6.45, 7) is 3.54. The molecule has 110 valence electrons. The highest BCUT2D eigenvalue weighted by atomic mass is 35.5. The van der Waals surface area contributed by atoms with Crippen molar-refractivity contribution >= 4 is 35.1 Å². The molecule has 20 heavy (non-hydrogen) atoms. The smallest absolute Gasteiger partial charge is 0.331 e. The molecule has 0 saturated carbocycles. The Labute approximate surface area is 128 Å². The van der Waals surface area contributed by atoms with E-state index in [0.29, 0.717) is 6.42 Å². The molecule has 1 aromatic carbocycles. The molecular formula is C14H17Cl2NO3. The summed E-state index contributed by atoms with van der Waals surface area (Å²) in [7, 11) is 1.29. The number of halogens is 2. The van der Waals surface area contributed by atoms with Crippen LogP contribution in [0.4, 0.5) is 0 Å². The number of ether oxygens (including phenoxy) is 1. The second-order valence-corrected chi connectivity index (χ2v) is 5.41. The summed E-state index contributed by atoms with van der Waals surface area (Å²) in [6, 6.07) is 4.76. The van der Waals surface area contributed by atoms with Gasteiger partial charge in [-0.2, -0.15) is 0 Å². The number of hydrogen-bond donors (Lipinski definition) is 1. The van der Waals surface area contributed by atoms with Crippen molar-refractivity contribution < 1.29 is 14.3 Å². The lowest BCUT2D eigenvalue weighted by atomic mass is 9.95. The van der Waals surface area contributed by atoms with E-state index in [1.54, 1.807) is 25.1 Å². The first kappa shape index (κ1) is 16.8. The molecule has 1 aromatic rings. The summed E-state index contributed by atoms with van der Waals surface area (Å²) in [5, 5.41) is 3.12. The number of amides is 1. The van der Waals surface area contributed by atoms with E-state index in [1.165, 1.54) is 7.11 Å². The summed E-state index contributed by atoms with van der Waals surface area (Å²) < 4.78 is 4.75. The Morgan fingerprint density at radius 1 is 1.35 bits per heavy atom. The number of methoxy groups -OCH3 is 1. The number of carbonyl (C=O) groups excluding carboxylic acids is 2. The molecule has 0 heterocycles. The third-order valence-electron chi connectivity index (χ3n) is 2.97. The minimum atomic E-state index is -1.09. The lowest BCUT2D eigenvalue weighted by Crippen LogP contribution is -2.52. The van der Waals surface area contributed by atoms with Crippen LogP contribution in [-0.2, 0) is 9.53 Å². The van der Waals surface area contributed by atoms with Crippen molar-refractivity contribution in [2.45, 2.75) is 32.2 Å². The van der Waals surface area contributed by atoms with Crippen LogP contribution in [0.3, 0.4) is 0 Å². The van der Waals surface area contributed by atoms with E-state index in [-0.39, 0.29) is 15.6 Å². The summed E-state index contributed by atoms with van der Waals surface area (Å²) in [4.78, 5) is 24.1. The fourth-order valence-corrected chi connectivity index (χ4v) is 2.32. The maximum atomic E-state index is 12.3. The van der Waals surface area contributed by atoms with Crippen molar-refractivity contribution in [3.05, 3.63) is 33.8 Å². The van der Waals surface area contributed by atoms with Gasteiger partial charge >= 0.3 is 5.97 Å². The summed E-state index contributed by atoms with van der Waals surface area (Å²) >= 11 is 11.9. The Balaban J connectivity index is 3.03. The molecule has 1 atom stereocenters. The van der Waals surface area contributed by atoms with Crippen LogP contribution < -0.4 is 5.32 Å². The first-order valence-corrected chi connectivity index (χ1v) is 6.96. The summed E-state index contributed by atoms with van der Waals surface area (Å²) in [6.07, 6.45) is 1.18. The third-order valence-corrected chi connectivity index (χ3v) is 3.79. The zero-order valence-corrected chi connectivity index (χ0v) is 13.1. The number of hydrogen-bond acceptors (Lipinski definition) is 3. The number of benzene rings is 1. The molecule has 1 unspecified atom stereocenters. The first-order valence-electron chi connectivity index (χ1n) is 6.20. The van der Waals surface area contributed by atoms with Crippen LogP contribution in [0, 0.1) is 0 Å². The highest BCUT2D eigenvalue weighted by Gasteiger charge is 2.35. The molecule has 0 aliphatic rings. The average Bonchev–Trinajstić information content (AvgIpc) is 2.40. The van der Waals surface area contributed by atoms with E-state index in [0.717, 1.165) is 6.42 Å². The standard InChI is InChI=1S/C14H17Cl2NO3/c1-4-8-14(2,13(19)20-3)17-12(18)9-6-5-7-10(15)11(9)16/h5-7H,4,8H2,1-3H3,(H,17,18). The third kappa shape index (κ3) is 3.64. The number of esters is 1. The lowest BCUT2D eigenvalue weighted by molar-refractivity contribution is -0.147. The molecule has 0 bridgehead atoms. The Bertz CT molecular complexity index is 519. The average molecular weight is 318 g/mol. The van der Waals surface area contributed by atoms with Gasteiger partial charge in [-0.25, -0.2) is 4.79 Å². The zero-order valence-electron chi connectivity index (χ0n) is 11.6. The predicted molar refractivity (Wildman–Crippen MR) is 79.3 cm³/mol. The van der Waals surface area contributed by atoms with Gasteiger partial charge in [-0.1, -0.05) is 42.6 Å². The number of carbonyl (C=O) groups is 2. The van der Waals surface area contributed by atoms with Gasteiger partial charge in [0.15, 0.2) is 0 Å². The van der Waals surface area contributed by atoms with E-state index in [4.69, 9.17) is 27.9 Å². The molecular weight excluding hydrogens is 301 g/mol. The predicted octanol–water partition coefficient (Wildman–Crippen LogP) is 3.46. The van der Waals surface area contributed by atoms with Crippen molar-refractivity contribution in [3.8, 4) is 0 Å². The largest absolute Gasteiger partial charge is 0.467 e. The van der Waals surface area contributed by atoms with Crippen molar-refractivity contribution in [2.24, 2.45) is 0 Å². The molecule has 0 radical (unpaired) electrons. The van der Waals surface area contributed by atoms with Crippen molar-refractivity contribution in [1.82, 2.24) is 5.32 Å². The Morgan fingerprint density at radius 3 is 2.55 bits per heavy atom. The summed E-state index contributed by atoms with van der Waals surface area (Å²) in [5.74, 6) is -0.954. The van der Waals surface area contributed by atoms with Gasteiger partial charge in [0.25, 0.3) is 5.91 Å². The molecule has 0 saturated heterocycles. The molecule has 0 spiro atoms. The number of nitrogens with one attached hydrogen (secondary N) is 1. The molecule has 6 heteroatoms. The fraction of sp³-hybridized carbons (Fsp3) is 0.429. The first-order chi connectivity index (χ1) is 9.35. The van der Waals surface area contributed by atoms with Gasteiger partial charge in [0, 0.05) is 0 Å². The van der Waals surface area contributed by atoms with Crippen molar-refractivity contribution in [1.29, 1.82) is 0 Å². The normalized spacial score (nSPS) is 13.4. The van der Waals surface area contributed by atoms with Crippen LogP contribution >= 0.6 is 23.2 Å². The highest BCUT2D eigenvalue weighted by molar-refractivity contribution is 6.43. The van der Waals surface area contributed by atoms with Crippen LogP contribution in [0.1, 0.15) is 37.0 Å². The fourth-order valence-electron chi connectivity index (χ4n) is 1.94. The van der Waals surface area contributed by atoms with Gasteiger partial charge in [-0.3, -0.25) is 4.79 Å². The second-order valence-electron chi connectivity index (χ2n) is 4.63. The highest BCUT2D eigenvalue weighted by Crippen LogP contribution is 2.26. The minimum Gasteiger partial charge on any atom is -0.467 e. The SMILES string of the molecule is CCCC(C)(NC(=O)c1cccc(Cl)c1Cl)C(=O)OC. The molecule has 0 aromatic heterocycles. The Hall–Kier alpha value is -1.26.